The van der Waals surface area contributed by atoms with Crippen molar-refractivity contribution in [3.63, 3.8) is 0 Å². The van der Waals surface area contributed by atoms with Gasteiger partial charge in [0.1, 0.15) is 5.60 Å². The van der Waals surface area contributed by atoms with Crippen molar-refractivity contribution in [1.29, 1.82) is 5.26 Å². The summed E-state index contributed by atoms with van der Waals surface area (Å²) in [7, 11) is 0. The first-order valence-corrected chi connectivity index (χ1v) is 16.2. The van der Waals surface area contributed by atoms with Crippen LogP contribution in [0.25, 0.3) is 17.0 Å². The zero-order valence-electron chi connectivity index (χ0n) is 24.3. The molecule has 0 saturated heterocycles. The Balaban J connectivity index is 1.12. The summed E-state index contributed by atoms with van der Waals surface area (Å²) < 4.78 is 1.94. The second-order valence-electron chi connectivity index (χ2n) is 13.4. The molecule has 0 amide bonds. The van der Waals surface area contributed by atoms with E-state index in [1.54, 1.807) is 0 Å². The van der Waals surface area contributed by atoms with Gasteiger partial charge in [0.2, 0.25) is 0 Å². The highest BCUT2D eigenvalue weighted by molar-refractivity contribution is 7.99. The van der Waals surface area contributed by atoms with Gasteiger partial charge in [-0.2, -0.15) is 10.4 Å². The number of carbonyl (C=O) groups excluding carboxylic acids is 1. The fourth-order valence-corrected chi connectivity index (χ4v) is 10.3. The molecule has 3 aromatic rings. The summed E-state index contributed by atoms with van der Waals surface area (Å²) in [4.78, 5) is 18.5. The molecule has 8 heteroatoms. The van der Waals surface area contributed by atoms with E-state index in [9.17, 15) is 15.0 Å². The van der Waals surface area contributed by atoms with Crippen molar-refractivity contribution in [1.82, 2.24) is 14.8 Å². The van der Waals surface area contributed by atoms with Gasteiger partial charge in [-0.05, 0) is 85.5 Å². The second-order valence-corrected chi connectivity index (χ2v) is 14.4. The fourth-order valence-electron chi connectivity index (χ4n) is 9.42. The Bertz CT molecular complexity index is 1640. The van der Waals surface area contributed by atoms with E-state index in [-0.39, 0.29) is 34.7 Å². The minimum absolute atomic E-state index is 0.0693. The highest BCUT2D eigenvalue weighted by Crippen LogP contribution is 2.67. The monoisotopic (exact) mass is 582 g/mol. The number of thioether (sulfide) groups is 1. The number of carbonyl (C=O) groups is 1. The number of para-hydroxylation sites is 1. The maximum atomic E-state index is 13.8. The summed E-state index contributed by atoms with van der Waals surface area (Å²) in [6.07, 6.45) is 8.42. The summed E-state index contributed by atoms with van der Waals surface area (Å²) in [5.74, 6) is 0.513. The van der Waals surface area contributed by atoms with Crippen molar-refractivity contribution in [2.75, 3.05) is 5.75 Å². The van der Waals surface area contributed by atoms with Gasteiger partial charge in [0, 0.05) is 10.8 Å². The molecular weight excluding hydrogens is 544 g/mol. The Morgan fingerprint density at radius 1 is 1.21 bits per heavy atom. The summed E-state index contributed by atoms with van der Waals surface area (Å²) in [6, 6.07) is 14.1. The molecule has 0 aliphatic heterocycles. The highest BCUT2D eigenvalue weighted by atomic mass is 32.2. The summed E-state index contributed by atoms with van der Waals surface area (Å²) >= 11 is 1.39. The first kappa shape index (κ1) is 27.8. The van der Waals surface area contributed by atoms with Crippen molar-refractivity contribution in [3.8, 4) is 6.07 Å². The van der Waals surface area contributed by atoms with E-state index in [0.717, 1.165) is 47.3 Å². The number of aromatic nitrogens is 3. The number of Topliss-reactive ketones (excluding diaryl/α,β-unsaturated/α-hetero) is 1. The van der Waals surface area contributed by atoms with Gasteiger partial charge in [0.15, 0.2) is 5.78 Å². The number of aliphatic hydroxyl groups excluding tert-OH is 1. The predicted molar refractivity (Wildman–Crippen MR) is 162 cm³/mol. The van der Waals surface area contributed by atoms with E-state index in [1.807, 2.05) is 47.3 Å². The number of nitriles is 1. The van der Waals surface area contributed by atoms with Gasteiger partial charge in [0.05, 0.1) is 53.3 Å². The average Bonchev–Trinajstić information content (AvgIpc) is 3.49. The lowest BCUT2D eigenvalue weighted by Crippen LogP contribution is -2.62. The molecule has 2 heterocycles. The summed E-state index contributed by atoms with van der Waals surface area (Å²) in [6.45, 7) is 4.95. The van der Waals surface area contributed by atoms with Crippen molar-refractivity contribution >= 4 is 34.5 Å². The number of allylic oxidation sites excluding steroid dienone is 1. The Kier molecular flexibility index (Phi) is 6.65. The second kappa shape index (κ2) is 10.0. The minimum Gasteiger partial charge on any atom is -0.393 e. The quantitative estimate of drug-likeness (QED) is 0.365. The Hall–Kier alpha value is -2.99. The molecule has 4 aliphatic rings. The maximum Gasteiger partial charge on any atom is 0.175 e. The molecule has 2 aromatic heterocycles. The van der Waals surface area contributed by atoms with E-state index in [1.165, 1.54) is 22.9 Å². The van der Waals surface area contributed by atoms with Crippen molar-refractivity contribution in [2.24, 2.45) is 28.6 Å². The lowest BCUT2D eigenvalue weighted by Gasteiger charge is -2.60. The van der Waals surface area contributed by atoms with E-state index in [2.05, 4.69) is 31.1 Å². The lowest BCUT2D eigenvalue weighted by molar-refractivity contribution is -0.177. The van der Waals surface area contributed by atoms with E-state index in [0.29, 0.717) is 25.8 Å². The molecule has 4 aliphatic carbocycles. The smallest absolute Gasteiger partial charge is 0.175 e. The number of nitrogens with zero attached hydrogens (tertiary/aromatic N) is 4. The Labute approximate surface area is 251 Å². The lowest BCUT2D eigenvalue weighted by atomic mass is 9.45. The highest BCUT2D eigenvalue weighted by Gasteiger charge is 2.68. The molecule has 7 rings (SSSR count). The molecule has 42 heavy (non-hydrogen) atoms. The van der Waals surface area contributed by atoms with Gasteiger partial charge in [-0.25, -0.2) is 4.98 Å². The summed E-state index contributed by atoms with van der Waals surface area (Å²) in [5.41, 5.74) is 2.23. The zero-order chi connectivity index (χ0) is 29.3. The molecule has 1 aromatic carbocycles. The number of ketones is 1. The van der Waals surface area contributed by atoms with Crippen LogP contribution in [0.2, 0.25) is 0 Å². The normalized spacial score (nSPS) is 35.0. The molecule has 0 bridgehead atoms. The van der Waals surface area contributed by atoms with Crippen molar-refractivity contribution in [2.45, 2.75) is 82.1 Å². The third kappa shape index (κ3) is 4.04. The molecular formula is C34H38N4O3S. The number of hydrogen-bond donors (Lipinski definition) is 2. The number of hydrogen-bond acceptors (Lipinski definition) is 7. The van der Waals surface area contributed by atoms with Crippen molar-refractivity contribution < 1.29 is 15.0 Å². The number of aryl methyl sites for hydroxylation is 1. The van der Waals surface area contributed by atoms with Gasteiger partial charge >= 0.3 is 0 Å². The molecule has 7 atom stereocenters. The van der Waals surface area contributed by atoms with Crippen LogP contribution in [-0.2, 0) is 17.8 Å². The Morgan fingerprint density at radius 3 is 2.88 bits per heavy atom. The van der Waals surface area contributed by atoms with Crippen LogP contribution in [-0.4, -0.2) is 48.2 Å². The molecule has 3 fully saturated rings. The number of fused-ring (bicyclic) bond motifs is 7. The predicted octanol–water partition coefficient (Wildman–Crippen LogP) is 5.59. The first-order chi connectivity index (χ1) is 20.2. The number of rotatable bonds is 6. The fraction of sp³-hybridized carbons (Fsp3) is 0.529. The van der Waals surface area contributed by atoms with Crippen LogP contribution >= 0.6 is 11.8 Å². The van der Waals surface area contributed by atoms with E-state index in [4.69, 9.17) is 10.2 Å². The van der Waals surface area contributed by atoms with Crippen LogP contribution in [0, 0.1) is 39.9 Å². The van der Waals surface area contributed by atoms with Crippen LogP contribution in [0.3, 0.4) is 0 Å². The molecule has 218 valence electrons. The number of benzene rings is 1. The Morgan fingerprint density at radius 2 is 2.05 bits per heavy atom. The molecule has 6 unspecified atom stereocenters. The van der Waals surface area contributed by atoms with Crippen molar-refractivity contribution in [3.05, 3.63) is 59.4 Å². The van der Waals surface area contributed by atoms with Crippen LogP contribution in [0.4, 0.5) is 0 Å². The van der Waals surface area contributed by atoms with Crippen LogP contribution < -0.4 is 0 Å². The third-order valence-electron chi connectivity index (χ3n) is 11.5. The maximum absolute atomic E-state index is 13.8. The van der Waals surface area contributed by atoms with E-state index < -0.39 is 17.1 Å². The van der Waals surface area contributed by atoms with Gasteiger partial charge in [-0.3, -0.25) is 9.48 Å². The van der Waals surface area contributed by atoms with Crippen LogP contribution in [0.1, 0.15) is 63.6 Å². The molecule has 7 nitrogen and oxygen atoms in total. The summed E-state index contributed by atoms with van der Waals surface area (Å²) in [5, 5.41) is 39.5. The largest absolute Gasteiger partial charge is 0.393 e. The average molecular weight is 583 g/mol. The molecule has 2 N–H and O–H groups in total. The zero-order valence-corrected chi connectivity index (χ0v) is 25.1. The molecule has 0 radical (unpaired) electrons. The first-order valence-electron chi connectivity index (χ1n) is 15.2. The van der Waals surface area contributed by atoms with Gasteiger partial charge in [-0.1, -0.05) is 55.4 Å². The number of pyridine rings is 1. The van der Waals surface area contributed by atoms with Gasteiger partial charge < -0.3 is 10.2 Å². The SMILES string of the molecule is CC12Cc3cnn(CCC#N)c3C=C1CCC1C2[C@@H](O)CC2(C)C1CCC2(O)C(=O)CSc1ccc2ccccc2n1. The standard InChI is InChI=1S/C34H38N4O3S/c1-32-17-22-19-36-38(15-5-14-35)27(22)16-23(32)9-10-24-25-12-13-34(41,33(25,2)18-28(39)31(24)32)29(40)20-42-30-11-8-21-6-3-4-7-26(21)37-30/h3-4,6-8,11,16,19,24-25,28,31,39,41H,5,9-10,12-13,15,17-18,20H2,1-2H3/t24?,25?,28-,31?,32?,33?,34?/m0/s1. The van der Waals surface area contributed by atoms with Gasteiger partial charge in [-0.15, -0.1) is 0 Å². The van der Waals surface area contributed by atoms with E-state index >= 15 is 0 Å². The topological polar surface area (TPSA) is 112 Å². The van der Waals surface area contributed by atoms with Crippen LogP contribution in [0.5, 0.6) is 0 Å². The van der Waals surface area contributed by atoms with Gasteiger partial charge in [0.25, 0.3) is 0 Å². The third-order valence-corrected chi connectivity index (χ3v) is 12.4. The van der Waals surface area contributed by atoms with Crippen LogP contribution in [0.15, 0.2) is 53.2 Å². The molecule has 3 saturated carbocycles. The molecule has 0 spiro atoms. The minimum atomic E-state index is -1.45. The number of aliphatic hydroxyl groups is 2.